The molecule has 1 aromatic rings. The van der Waals surface area contributed by atoms with E-state index in [0.29, 0.717) is 17.7 Å². The Balaban J connectivity index is 1.77. The molecule has 1 amide bonds. The Morgan fingerprint density at radius 1 is 1.55 bits per heavy atom. The molecular weight excluding hydrogens is 280 g/mol. The normalized spacial score (nSPS) is 15.7. The van der Waals surface area contributed by atoms with Crippen LogP contribution in [0.15, 0.2) is 16.7 Å². The first-order valence-electron chi connectivity index (χ1n) is 6.31. The molecule has 20 heavy (non-hydrogen) atoms. The third-order valence-corrected chi connectivity index (χ3v) is 4.71. The minimum Gasteiger partial charge on any atom is -0.469 e. The molecule has 1 aliphatic rings. The number of rotatable bonds is 7. The lowest BCUT2D eigenvalue weighted by Gasteiger charge is -2.12. The van der Waals surface area contributed by atoms with Crippen LogP contribution in [0.3, 0.4) is 0 Å². The number of hydrazine groups is 1. The molecule has 7 heteroatoms. The quantitative estimate of drug-likeness (QED) is 0.342. The smallest absolute Gasteiger partial charge is 0.306 e. The van der Waals surface area contributed by atoms with E-state index in [4.69, 9.17) is 15.0 Å². The largest absolute Gasteiger partial charge is 0.469 e. The van der Waals surface area contributed by atoms with E-state index in [1.165, 1.54) is 13.4 Å². The van der Waals surface area contributed by atoms with Crippen LogP contribution in [-0.4, -0.2) is 24.7 Å². The topological polar surface area (TPSA) is 94.6 Å². The third-order valence-electron chi connectivity index (χ3n) is 3.40. The van der Waals surface area contributed by atoms with Crippen molar-refractivity contribution in [3.05, 3.63) is 23.7 Å². The Morgan fingerprint density at radius 3 is 2.90 bits per heavy atom. The molecule has 0 aliphatic heterocycles. The van der Waals surface area contributed by atoms with Crippen molar-refractivity contribution >= 4 is 23.6 Å². The summed E-state index contributed by atoms with van der Waals surface area (Å²) in [6.45, 7) is 0. The second-order valence-electron chi connectivity index (χ2n) is 5.02. The maximum absolute atomic E-state index is 11.3. The first kappa shape index (κ1) is 14.9. The average Bonchev–Trinajstić information content (AvgIpc) is 3.03. The van der Waals surface area contributed by atoms with Crippen LogP contribution in [0.5, 0.6) is 0 Å². The lowest BCUT2D eigenvalue weighted by atomic mass is 10.1. The van der Waals surface area contributed by atoms with Gasteiger partial charge in [0.25, 0.3) is 5.91 Å². The SMILES string of the molecule is COC(=O)CC1(CSCc2cc(C(=O)NN)co2)CC1. The molecule has 0 aromatic carbocycles. The number of nitrogen functional groups attached to an aromatic ring is 1. The summed E-state index contributed by atoms with van der Waals surface area (Å²) in [7, 11) is 1.42. The minimum atomic E-state index is -0.366. The second-order valence-corrected chi connectivity index (χ2v) is 6.01. The molecule has 1 aromatic heterocycles. The van der Waals surface area contributed by atoms with E-state index in [9.17, 15) is 9.59 Å². The number of furan rings is 1. The Kier molecular flexibility index (Phi) is 4.72. The minimum absolute atomic E-state index is 0.0990. The number of nitrogens with one attached hydrogen (secondary N) is 1. The number of hydrogen-bond donors (Lipinski definition) is 2. The van der Waals surface area contributed by atoms with Gasteiger partial charge in [0, 0.05) is 0 Å². The lowest BCUT2D eigenvalue weighted by Crippen LogP contribution is -2.29. The number of nitrogens with two attached hydrogens (primary N) is 1. The van der Waals surface area contributed by atoms with Gasteiger partial charge in [0.15, 0.2) is 0 Å². The molecule has 0 spiro atoms. The first-order valence-corrected chi connectivity index (χ1v) is 7.47. The number of carbonyl (C=O) groups is 2. The highest BCUT2D eigenvalue weighted by molar-refractivity contribution is 7.98. The monoisotopic (exact) mass is 298 g/mol. The Morgan fingerprint density at radius 2 is 2.30 bits per heavy atom. The summed E-state index contributed by atoms with van der Waals surface area (Å²) in [6.07, 6.45) is 4.00. The van der Waals surface area contributed by atoms with Gasteiger partial charge in [-0.25, -0.2) is 5.84 Å². The molecule has 1 saturated carbocycles. The maximum Gasteiger partial charge on any atom is 0.306 e. The van der Waals surface area contributed by atoms with Crippen molar-refractivity contribution in [3.8, 4) is 0 Å². The van der Waals surface area contributed by atoms with Crippen LogP contribution in [0.4, 0.5) is 0 Å². The van der Waals surface area contributed by atoms with Crippen LogP contribution < -0.4 is 11.3 Å². The molecule has 3 N–H and O–H groups in total. The summed E-state index contributed by atoms with van der Waals surface area (Å²) >= 11 is 1.70. The van der Waals surface area contributed by atoms with E-state index in [1.54, 1.807) is 17.8 Å². The molecule has 2 rings (SSSR count). The number of esters is 1. The molecule has 6 nitrogen and oxygen atoms in total. The van der Waals surface area contributed by atoms with Crippen LogP contribution in [0.25, 0.3) is 0 Å². The van der Waals surface area contributed by atoms with Gasteiger partial charge in [-0.1, -0.05) is 0 Å². The van der Waals surface area contributed by atoms with E-state index >= 15 is 0 Å². The van der Waals surface area contributed by atoms with Crippen molar-refractivity contribution in [2.24, 2.45) is 11.3 Å². The summed E-state index contributed by atoms with van der Waals surface area (Å²) < 4.78 is 10.0. The molecule has 0 radical (unpaired) electrons. The van der Waals surface area contributed by atoms with E-state index < -0.39 is 0 Å². The van der Waals surface area contributed by atoms with Gasteiger partial charge in [-0.2, -0.15) is 11.8 Å². The number of amides is 1. The Hall–Kier alpha value is -1.47. The van der Waals surface area contributed by atoms with Gasteiger partial charge in [0.1, 0.15) is 12.0 Å². The predicted molar refractivity (Wildman–Crippen MR) is 74.8 cm³/mol. The zero-order valence-corrected chi connectivity index (χ0v) is 12.1. The van der Waals surface area contributed by atoms with Gasteiger partial charge in [-0.05, 0) is 30.1 Å². The Bertz CT molecular complexity index is 496. The number of methoxy groups -OCH3 is 1. The van der Waals surface area contributed by atoms with Gasteiger partial charge < -0.3 is 9.15 Å². The molecular formula is C13H18N2O4S. The summed E-state index contributed by atoms with van der Waals surface area (Å²) in [6, 6.07) is 1.68. The van der Waals surface area contributed by atoms with E-state index in [-0.39, 0.29) is 17.3 Å². The summed E-state index contributed by atoms with van der Waals surface area (Å²) in [5.74, 6) is 6.81. The van der Waals surface area contributed by atoms with Crippen molar-refractivity contribution < 1.29 is 18.7 Å². The molecule has 1 heterocycles. The molecule has 1 aliphatic carbocycles. The maximum atomic E-state index is 11.3. The Labute approximate surface area is 121 Å². The van der Waals surface area contributed by atoms with Gasteiger partial charge in [0.2, 0.25) is 0 Å². The average molecular weight is 298 g/mol. The molecule has 110 valence electrons. The van der Waals surface area contributed by atoms with Crippen molar-refractivity contribution in [1.82, 2.24) is 5.43 Å². The fourth-order valence-corrected chi connectivity index (χ4v) is 3.23. The van der Waals surface area contributed by atoms with Crippen LogP contribution in [0.1, 0.15) is 35.4 Å². The van der Waals surface area contributed by atoms with Crippen LogP contribution in [0, 0.1) is 5.41 Å². The zero-order chi connectivity index (χ0) is 14.6. The molecule has 0 unspecified atom stereocenters. The predicted octanol–water partition coefficient (Wildman–Crippen LogP) is 1.46. The summed E-state index contributed by atoms with van der Waals surface area (Å²) in [4.78, 5) is 22.6. The van der Waals surface area contributed by atoms with Crippen molar-refractivity contribution in [2.45, 2.75) is 25.0 Å². The van der Waals surface area contributed by atoms with E-state index in [2.05, 4.69) is 5.43 Å². The van der Waals surface area contributed by atoms with E-state index in [0.717, 1.165) is 24.4 Å². The second kappa shape index (κ2) is 6.32. The van der Waals surface area contributed by atoms with Crippen molar-refractivity contribution in [2.75, 3.05) is 12.9 Å². The standard InChI is InChI=1S/C13H18N2O4S/c1-18-11(16)5-13(2-3-13)8-20-7-10-4-9(6-19-10)12(17)15-14/h4,6H,2-3,5,7-8,14H2,1H3,(H,15,17). The number of hydrogen-bond acceptors (Lipinski definition) is 6. The van der Waals surface area contributed by atoms with E-state index in [1.807, 2.05) is 0 Å². The van der Waals surface area contributed by atoms with Crippen molar-refractivity contribution in [1.29, 1.82) is 0 Å². The number of thioether (sulfide) groups is 1. The van der Waals surface area contributed by atoms with Gasteiger partial charge in [0.05, 0.1) is 24.8 Å². The van der Waals surface area contributed by atoms with Crippen LogP contribution in [0.2, 0.25) is 0 Å². The van der Waals surface area contributed by atoms with Crippen LogP contribution in [-0.2, 0) is 15.3 Å². The fourth-order valence-electron chi connectivity index (χ4n) is 1.95. The highest BCUT2D eigenvalue weighted by Gasteiger charge is 2.44. The van der Waals surface area contributed by atoms with Gasteiger partial charge in [-0.3, -0.25) is 15.0 Å². The van der Waals surface area contributed by atoms with Gasteiger partial charge >= 0.3 is 5.97 Å². The number of carbonyl (C=O) groups excluding carboxylic acids is 2. The first-order chi connectivity index (χ1) is 9.58. The number of ether oxygens (including phenoxy) is 1. The van der Waals surface area contributed by atoms with Gasteiger partial charge in [-0.15, -0.1) is 0 Å². The molecule has 0 bridgehead atoms. The van der Waals surface area contributed by atoms with Crippen LogP contribution >= 0.6 is 11.8 Å². The summed E-state index contributed by atoms with van der Waals surface area (Å²) in [5, 5.41) is 0. The lowest BCUT2D eigenvalue weighted by molar-refractivity contribution is -0.141. The molecule has 0 saturated heterocycles. The highest BCUT2D eigenvalue weighted by atomic mass is 32.2. The zero-order valence-electron chi connectivity index (χ0n) is 11.3. The fraction of sp³-hybridized carbons (Fsp3) is 0.538. The van der Waals surface area contributed by atoms with Crippen molar-refractivity contribution in [3.63, 3.8) is 0 Å². The third kappa shape index (κ3) is 3.77. The highest BCUT2D eigenvalue weighted by Crippen LogP contribution is 2.51. The molecule has 1 fully saturated rings. The molecule has 0 atom stereocenters. The summed E-state index contributed by atoms with van der Waals surface area (Å²) in [5.41, 5.74) is 2.57.